The van der Waals surface area contributed by atoms with Gasteiger partial charge in [-0.3, -0.25) is 30.4 Å². The minimum Gasteiger partial charge on any atom is -0.481 e. The van der Waals surface area contributed by atoms with Crippen LogP contribution in [0.15, 0.2) is 0 Å². The Hall–Kier alpha value is -2.11. The van der Waals surface area contributed by atoms with Crippen molar-refractivity contribution in [1.82, 2.24) is 16.1 Å². The molecule has 0 saturated carbocycles. The minimum absolute atomic E-state index is 0.0388. The number of aliphatic carboxylic acids is 1. The highest BCUT2D eigenvalue weighted by atomic mass is 17.1. The van der Waals surface area contributed by atoms with E-state index in [-0.39, 0.29) is 44.1 Å². The van der Waals surface area contributed by atoms with E-state index < -0.39 is 47.8 Å². The number of amides is 1. The third kappa shape index (κ3) is 17.6. The summed E-state index contributed by atoms with van der Waals surface area (Å²) >= 11 is 0. The van der Waals surface area contributed by atoms with E-state index in [1.54, 1.807) is 0 Å². The molecule has 0 aromatic rings. The van der Waals surface area contributed by atoms with E-state index in [4.69, 9.17) is 35.4 Å². The number of hydrogen-bond acceptors (Lipinski definition) is 13. The number of nitrogens with zero attached hydrogens (tertiary/aromatic N) is 2. The maximum atomic E-state index is 11.8. The Bertz CT molecular complexity index is 561. The molecule has 0 aliphatic heterocycles. The molecule has 1 unspecified atom stereocenters. The second-order valence-corrected chi connectivity index (χ2v) is 7.36. The number of nitrogens with one attached hydrogen (secondary N) is 1. The smallest absolute Gasteiger partial charge is 0.410 e. The zero-order chi connectivity index (χ0) is 24.7. The Morgan fingerprint density at radius 2 is 1.66 bits per heavy atom. The molecule has 0 saturated heterocycles. The van der Waals surface area contributed by atoms with Crippen LogP contribution in [0.25, 0.3) is 0 Å². The summed E-state index contributed by atoms with van der Waals surface area (Å²) in [7, 11) is 0. The van der Waals surface area contributed by atoms with Gasteiger partial charge in [-0.15, -0.1) is 0 Å². The van der Waals surface area contributed by atoms with Gasteiger partial charge in [0, 0.05) is 26.3 Å². The second kappa shape index (κ2) is 16.5. The summed E-state index contributed by atoms with van der Waals surface area (Å²) in [5.74, 6) is -1.71. The third-order valence-corrected chi connectivity index (χ3v) is 3.90. The molecule has 32 heavy (non-hydrogen) atoms. The van der Waals surface area contributed by atoms with Gasteiger partial charge in [-0.1, -0.05) is 13.8 Å². The van der Waals surface area contributed by atoms with Crippen LogP contribution in [0.1, 0.15) is 52.9 Å². The maximum Gasteiger partial charge on any atom is 0.410 e. The lowest BCUT2D eigenvalue weighted by Gasteiger charge is -2.20. The van der Waals surface area contributed by atoms with Gasteiger partial charge in [0.1, 0.15) is 12.7 Å². The second-order valence-electron chi connectivity index (χ2n) is 7.36. The van der Waals surface area contributed by atoms with Crippen LogP contribution in [-0.4, -0.2) is 80.3 Å². The summed E-state index contributed by atoms with van der Waals surface area (Å²) in [6, 6.07) is 0. The summed E-state index contributed by atoms with van der Waals surface area (Å²) in [6.07, 6.45) is -2.59. The van der Waals surface area contributed by atoms with E-state index in [2.05, 4.69) is 15.0 Å². The Morgan fingerprint density at radius 1 is 1.00 bits per heavy atom. The molecule has 0 aromatic heterocycles. The lowest BCUT2D eigenvalue weighted by molar-refractivity contribution is -0.527. The lowest BCUT2D eigenvalue weighted by atomic mass is 9.94. The monoisotopic (exact) mass is 471 g/mol. The van der Waals surface area contributed by atoms with Crippen molar-refractivity contribution in [1.29, 1.82) is 0 Å². The zero-order valence-corrected chi connectivity index (χ0v) is 18.2. The molecule has 0 rings (SSSR count). The van der Waals surface area contributed by atoms with Crippen LogP contribution in [-0.2, 0) is 28.7 Å². The molecule has 15 nitrogen and oxygen atoms in total. The number of alkyl carbamates (subject to hydrolysis) is 1. The van der Waals surface area contributed by atoms with Crippen molar-refractivity contribution in [3.8, 4) is 0 Å². The van der Waals surface area contributed by atoms with Crippen molar-refractivity contribution in [3.05, 3.63) is 0 Å². The first kappa shape index (κ1) is 29.9. The maximum absolute atomic E-state index is 11.8. The minimum atomic E-state index is -1.20. The summed E-state index contributed by atoms with van der Waals surface area (Å²) in [6.45, 7) is 4.83. The lowest BCUT2D eigenvalue weighted by Crippen LogP contribution is -2.34. The number of carbonyl (C=O) groups is 3. The Morgan fingerprint density at radius 3 is 2.19 bits per heavy atom. The Labute approximate surface area is 184 Å². The number of carbonyl (C=O) groups excluding carboxylic acids is 2. The van der Waals surface area contributed by atoms with Crippen molar-refractivity contribution in [2.24, 2.45) is 11.8 Å². The van der Waals surface area contributed by atoms with Gasteiger partial charge in [0.25, 0.3) is 0 Å². The number of esters is 1. The summed E-state index contributed by atoms with van der Waals surface area (Å²) < 4.78 is 9.84. The fourth-order valence-electron chi connectivity index (χ4n) is 2.76. The van der Waals surface area contributed by atoms with Crippen LogP contribution in [0.4, 0.5) is 4.79 Å². The van der Waals surface area contributed by atoms with E-state index in [9.17, 15) is 14.4 Å². The van der Waals surface area contributed by atoms with Crippen molar-refractivity contribution in [2.75, 3.05) is 13.2 Å². The van der Waals surface area contributed by atoms with Crippen molar-refractivity contribution < 1.29 is 59.5 Å². The predicted molar refractivity (Wildman–Crippen MR) is 101 cm³/mol. The molecular formula is C17H33N3O12. The highest BCUT2D eigenvalue weighted by Crippen LogP contribution is 2.15. The van der Waals surface area contributed by atoms with Crippen molar-refractivity contribution in [3.63, 3.8) is 0 Å². The average molecular weight is 471 g/mol. The molecule has 0 aromatic carbocycles. The molecule has 0 bridgehead atoms. The molecule has 6 N–H and O–H groups in total. The van der Waals surface area contributed by atoms with E-state index in [1.165, 1.54) is 6.92 Å². The summed E-state index contributed by atoms with van der Waals surface area (Å²) in [5.41, 5.74) is 0. The third-order valence-electron chi connectivity index (χ3n) is 3.90. The van der Waals surface area contributed by atoms with E-state index in [1.807, 2.05) is 13.8 Å². The molecule has 0 spiro atoms. The van der Waals surface area contributed by atoms with Crippen molar-refractivity contribution >= 4 is 18.0 Å². The van der Waals surface area contributed by atoms with E-state index in [0.717, 1.165) is 0 Å². The Balaban J connectivity index is 4.29. The van der Waals surface area contributed by atoms with E-state index in [0.29, 0.717) is 6.42 Å². The van der Waals surface area contributed by atoms with Gasteiger partial charge in [-0.05, 0) is 31.1 Å². The van der Waals surface area contributed by atoms with Crippen molar-refractivity contribution in [2.45, 2.75) is 65.3 Å². The largest absolute Gasteiger partial charge is 0.481 e. The topological polar surface area (TPSA) is 208 Å². The highest BCUT2D eigenvalue weighted by Gasteiger charge is 2.20. The SMILES string of the molecule is CC(C)C[C@H](CNC(=O)OC(C)OC(=O)CCC[C@@H](CON(O)O)ON(O)O)CC(=O)O. The van der Waals surface area contributed by atoms with Gasteiger partial charge in [-0.2, -0.15) is 0 Å². The van der Waals surface area contributed by atoms with Crippen LogP contribution in [0.2, 0.25) is 0 Å². The summed E-state index contributed by atoms with van der Waals surface area (Å²) in [4.78, 5) is 43.4. The first-order chi connectivity index (χ1) is 14.9. The first-order valence-corrected chi connectivity index (χ1v) is 9.90. The molecule has 0 heterocycles. The van der Waals surface area contributed by atoms with Gasteiger partial charge in [0.05, 0.1) is 10.8 Å². The molecular weight excluding hydrogens is 438 g/mol. The van der Waals surface area contributed by atoms with E-state index >= 15 is 0 Å². The van der Waals surface area contributed by atoms with Gasteiger partial charge in [0.2, 0.25) is 6.29 Å². The first-order valence-electron chi connectivity index (χ1n) is 9.90. The normalized spacial score (nSPS) is 14.3. The molecule has 3 atom stereocenters. The summed E-state index contributed by atoms with van der Waals surface area (Å²) in [5, 5.41) is 44.5. The molecule has 0 fully saturated rings. The van der Waals surface area contributed by atoms with Crippen LogP contribution >= 0.6 is 0 Å². The predicted octanol–water partition coefficient (Wildman–Crippen LogP) is 1.30. The van der Waals surface area contributed by atoms with Crippen LogP contribution in [0.5, 0.6) is 0 Å². The fourth-order valence-corrected chi connectivity index (χ4v) is 2.76. The van der Waals surface area contributed by atoms with Gasteiger partial charge in [-0.25, -0.2) is 14.5 Å². The molecule has 0 aliphatic carbocycles. The number of hydrogen-bond donors (Lipinski definition) is 6. The number of carboxylic acid groups (broad SMARTS) is 1. The number of rotatable bonds is 17. The van der Waals surface area contributed by atoms with Gasteiger partial charge in [0.15, 0.2) is 0 Å². The molecule has 15 heteroatoms. The molecule has 1 amide bonds. The number of ether oxygens (including phenoxy) is 2. The van der Waals surface area contributed by atoms with Gasteiger partial charge >= 0.3 is 18.0 Å². The van der Waals surface area contributed by atoms with Crippen LogP contribution in [0, 0.1) is 11.8 Å². The number of carboxylic acids is 1. The molecule has 0 aliphatic rings. The Kier molecular flexibility index (Phi) is 15.4. The zero-order valence-electron chi connectivity index (χ0n) is 18.2. The van der Waals surface area contributed by atoms with Gasteiger partial charge < -0.3 is 19.9 Å². The van der Waals surface area contributed by atoms with Crippen LogP contribution in [0.3, 0.4) is 0 Å². The quantitative estimate of drug-likeness (QED) is 0.100. The fraction of sp³-hybridized carbons (Fsp3) is 0.824. The molecule has 0 radical (unpaired) electrons. The molecule has 188 valence electrons. The highest BCUT2D eigenvalue weighted by molar-refractivity contribution is 5.70. The standard InChI is InChI=1S/C17H33N3O12/c1-11(2)7-13(8-15(21)22)9-18-17(24)31-12(3)30-16(23)6-4-5-14(32-20(27)28)10-29-19(25)26/h11-14,25-28H,4-10H2,1-3H3,(H,18,24)(H,21,22)/t12?,13-,14-/m0/s1. The average Bonchev–Trinajstić information content (AvgIpc) is 2.62. The van der Waals surface area contributed by atoms with Crippen LogP contribution < -0.4 is 5.32 Å².